The number of alkyl halides is 2. The van der Waals surface area contributed by atoms with Crippen LogP contribution in [-0.4, -0.2) is 26.8 Å². The van der Waals surface area contributed by atoms with Crippen LogP contribution in [0.5, 0.6) is 0 Å². The first kappa shape index (κ1) is 16.0. The molecule has 0 fully saturated rings. The highest BCUT2D eigenvalue weighted by Crippen LogP contribution is 2.37. The Morgan fingerprint density at radius 1 is 1.18 bits per heavy atom. The topological polar surface area (TPSA) is 25.2 Å². The van der Waals surface area contributed by atoms with E-state index >= 15 is 0 Å². The second-order valence-electron chi connectivity index (χ2n) is 5.03. The molecule has 3 nitrogen and oxygen atoms in total. The molecule has 1 amide bonds. The molecule has 22 heavy (non-hydrogen) atoms. The predicted octanol–water partition coefficient (Wildman–Crippen LogP) is 4.53. The quantitative estimate of drug-likeness (QED) is 0.705. The van der Waals surface area contributed by atoms with Gasteiger partial charge >= 0.3 is 0 Å². The van der Waals surface area contributed by atoms with Gasteiger partial charge in [-0.25, -0.2) is 0 Å². The third-order valence-corrected chi connectivity index (χ3v) is 4.70. The number of hydrogen-bond acceptors (Lipinski definition) is 1. The van der Waals surface area contributed by atoms with E-state index in [0.29, 0.717) is 23.1 Å². The van der Waals surface area contributed by atoms with Gasteiger partial charge in [-0.1, -0.05) is 52.5 Å². The minimum atomic E-state index is -1.10. The summed E-state index contributed by atoms with van der Waals surface area (Å²) in [7, 11) is 0. The molecule has 7 heteroatoms. The summed E-state index contributed by atoms with van der Waals surface area (Å²) in [4.78, 5) is 12.9. The van der Waals surface area contributed by atoms with Crippen LogP contribution < -0.4 is 0 Å². The molecule has 3 rings (SSSR count). The fourth-order valence-electron chi connectivity index (χ4n) is 2.80. The van der Waals surface area contributed by atoms with Gasteiger partial charge in [0.15, 0.2) is 4.84 Å². The summed E-state index contributed by atoms with van der Waals surface area (Å²) in [5, 5.41) is 1.05. The lowest BCUT2D eigenvalue weighted by atomic mass is 10.00. The molecule has 2 heterocycles. The Morgan fingerprint density at radius 2 is 1.95 bits per heavy atom. The normalized spacial score (nSPS) is 17.7. The summed E-state index contributed by atoms with van der Waals surface area (Å²) in [5.74, 6) is -0.327. The fourth-order valence-corrected chi connectivity index (χ4v) is 3.56. The van der Waals surface area contributed by atoms with Gasteiger partial charge in [0.2, 0.25) is 0 Å². The largest absolute Gasteiger partial charge is 0.348 e. The SMILES string of the molecule is O=C(C(Cl)Cl)N1CCn2cccc2C1c1ccc(Cl)cc1Cl. The highest BCUT2D eigenvalue weighted by Gasteiger charge is 2.35. The monoisotopic (exact) mass is 376 g/mol. The molecule has 2 aromatic rings. The Bertz CT molecular complexity index is 713. The van der Waals surface area contributed by atoms with Gasteiger partial charge in [-0.15, -0.1) is 0 Å². The molecule has 0 bridgehead atoms. The second-order valence-corrected chi connectivity index (χ2v) is 6.97. The molecule has 1 aliphatic heterocycles. The van der Waals surface area contributed by atoms with Crippen molar-refractivity contribution in [3.63, 3.8) is 0 Å². The van der Waals surface area contributed by atoms with E-state index in [9.17, 15) is 4.79 Å². The number of halogens is 4. The molecule has 0 saturated heterocycles. The number of benzene rings is 1. The first-order valence-electron chi connectivity index (χ1n) is 6.67. The average molecular weight is 378 g/mol. The van der Waals surface area contributed by atoms with Crippen LogP contribution in [0, 0.1) is 0 Å². The Balaban J connectivity index is 2.11. The van der Waals surface area contributed by atoms with E-state index in [2.05, 4.69) is 4.57 Å². The zero-order valence-corrected chi connectivity index (χ0v) is 14.4. The summed E-state index contributed by atoms with van der Waals surface area (Å²) in [6, 6.07) is 8.83. The molecular formula is C15H12Cl4N2O. The van der Waals surface area contributed by atoms with Crippen molar-refractivity contribution in [3.8, 4) is 0 Å². The number of nitrogens with zero attached hydrogens (tertiary/aromatic N) is 2. The molecule has 116 valence electrons. The third-order valence-electron chi connectivity index (χ3n) is 3.77. The maximum Gasteiger partial charge on any atom is 0.256 e. The van der Waals surface area contributed by atoms with E-state index in [1.54, 1.807) is 17.0 Å². The molecule has 1 atom stereocenters. The molecule has 0 aliphatic carbocycles. The Hall–Kier alpha value is -0.870. The van der Waals surface area contributed by atoms with Gasteiger partial charge in [0.05, 0.1) is 6.04 Å². The van der Waals surface area contributed by atoms with E-state index < -0.39 is 4.84 Å². The first-order valence-corrected chi connectivity index (χ1v) is 8.30. The Labute approximate surface area is 148 Å². The highest BCUT2D eigenvalue weighted by atomic mass is 35.5. The maximum atomic E-state index is 12.4. The first-order chi connectivity index (χ1) is 10.5. The summed E-state index contributed by atoms with van der Waals surface area (Å²) in [6.45, 7) is 1.20. The minimum absolute atomic E-state index is 0.327. The lowest BCUT2D eigenvalue weighted by molar-refractivity contribution is -0.132. The van der Waals surface area contributed by atoms with Gasteiger partial charge < -0.3 is 9.47 Å². The highest BCUT2D eigenvalue weighted by molar-refractivity contribution is 6.53. The van der Waals surface area contributed by atoms with Crippen molar-refractivity contribution in [1.82, 2.24) is 9.47 Å². The van der Waals surface area contributed by atoms with E-state index in [0.717, 1.165) is 11.3 Å². The third kappa shape index (κ3) is 2.83. The fraction of sp³-hybridized carbons (Fsp3) is 0.267. The van der Waals surface area contributed by atoms with Gasteiger partial charge in [-0.3, -0.25) is 4.79 Å². The van der Waals surface area contributed by atoms with Crippen LogP contribution in [0.1, 0.15) is 17.3 Å². The summed E-state index contributed by atoms with van der Waals surface area (Å²) >= 11 is 23.9. The number of rotatable bonds is 2. The van der Waals surface area contributed by atoms with Crippen LogP contribution in [0.4, 0.5) is 0 Å². The zero-order valence-electron chi connectivity index (χ0n) is 11.3. The molecule has 1 aromatic carbocycles. The van der Waals surface area contributed by atoms with Crippen molar-refractivity contribution < 1.29 is 4.79 Å². The molecule has 1 aromatic heterocycles. The van der Waals surface area contributed by atoms with Gasteiger partial charge in [0.25, 0.3) is 5.91 Å². The van der Waals surface area contributed by atoms with Crippen molar-refractivity contribution >= 4 is 52.3 Å². The molecule has 1 unspecified atom stereocenters. The standard InChI is InChI=1S/C15H12Cl4N2O/c16-9-3-4-10(11(17)8-9)13-12-2-1-5-20(12)6-7-21(13)15(22)14(18)19/h1-5,8,13-14H,6-7H2. The number of hydrogen-bond donors (Lipinski definition) is 0. The summed E-state index contributed by atoms with van der Waals surface area (Å²) in [5.41, 5.74) is 1.77. The van der Waals surface area contributed by atoms with Gasteiger partial charge in [-0.05, 0) is 29.8 Å². The van der Waals surface area contributed by atoms with E-state index in [1.807, 2.05) is 24.4 Å². The molecular weight excluding hydrogens is 366 g/mol. The van der Waals surface area contributed by atoms with Crippen LogP contribution in [0.25, 0.3) is 0 Å². The summed E-state index contributed by atoms with van der Waals surface area (Å²) in [6.07, 6.45) is 1.98. The molecule has 0 saturated carbocycles. The van der Waals surface area contributed by atoms with Crippen molar-refractivity contribution in [1.29, 1.82) is 0 Å². The average Bonchev–Trinajstić information content (AvgIpc) is 2.94. The van der Waals surface area contributed by atoms with Crippen LogP contribution in [-0.2, 0) is 11.3 Å². The molecule has 0 spiro atoms. The smallest absolute Gasteiger partial charge is 0.256 e. The van der Waals surface area contributed by atoms with Gasteiger partial charge in [0, 0.05) is 35.0 Å². The molecule has 1 aliphatic rings. The van der Waals surface area contributed by atoms with Crippen LogP contribution >= 0.6 is 46.4 Å². The summed E-state index contributed by atoms with van der Waals surface area (Å²) < 4.78 is 2.09. The van der Waals surface area contributed by atoms with E-state index in [4.69, 9.17) is 46.4 Å². The van der Waals surface area contributed by atoms with Crippen molar-refractivity contribution in [2.24, 2.45) is 0 Å². The van der Waals surface area contributed by atoms with Crippen molar-refractivity contribution in [2.75, 3.05) is 6.54 Å². The number of fused-ring (bicyclic) bond motifs is 1. The number of carbonyl (C=O) groups excluding carboxylic acids is 1. The van der Waals surface area contributed by atoms with Crippen molar-refractivity contribution in [2.45, 2.75) is 17.4 Å². The van der Waals surface area contributed by atoms with Crippen LogP contribution in [0.3, 0.4) is 0 Å². The lowest BCUT2D eigenvalue weighted by Crippen LogP contribution is -2.44. The Morgan fingerprint density at radius 3 is 2.64 bits per heavy atom. The van der Waals surface area contributed by atoms with Gasteiger partial charge in [0.1, 0.15) is 0 Å². The van der Waals surface area contributed by atoms with Gasteiger partial charge in [-0.2, -0.15) is 0 Å². The number of amides is 1. The Kier molecular flexibility index (Phi) is 4.60. The second kappa shape index (κ2) is 6.32. The number of carbonyl (C=O) groups is 1. The molecule has 0 radical (unpaired) electrons. The predicted molar refractivity (Wildman–Crippen MR) is 89.9 cm³/mol. The maximum absolute atomic E-state index is 12.4. The van der Waals surface area contributed by atoms with Crippen LogP contribution in [0.2, 0.25) is 10.0 Å². The molecule has 0 N–H and O–H groups in total. The van der Waals surface area contributed by atoms with E-state index in [-0.39, 0.29) is 11.9 Å². The van der Waals surface area contributed by atoms with E-state index in [1.165, 1.54) is 0 Å². The number of aromatic nitrogens is 1. The van der Waals surface area contributed by atoms with Crippen LogP contribution in [0.15, 0.2) is 36.5 Å². The zero-order chi connectivity index (χ0) is 15.9. The lowest BCUT2D eigenvalue weighted by Gasteiger charge is -2.38. The minimum Gasteiger partial charge on any atom is -0.348 e. The van der Waals surface area contributed by atoms with Crippen molar-refractivity contribution in [3.05, 3.63) is 57.8 Å².